The van der Waals surface area contributed by atoms with E-state index in [9.17, 15) is 4.79 Å². The summed E-state index contributed by atoms with van der Waals surface area (Å²) in [5, 5.41) is 3.06. The van der Waals surface area contributed by atoms with Crippen LogP contribution in [-0.2, 0) is 6.42 Å². The van der Waals surface area contributed by atoms with Crippen molar-refractivity contribution in [3.63, 3.8) is 0 Å². The maximum atomic E-state index is 12.9. The molecule has 3 heterocycles. The molecule has 1 unspecified atom stereocenters. The third-order valence-electron chi connectivity index (χ3n) is 5.15. The fourth-order valence-electron chi connectivity index (χ4n) is 3.83. The maximum Gasteiger partial charge on any atom is 0.257 e. The van der Waals surface area contributed by atoms with Crippen LogP contribution in [0.2, 0.25) is 0 Å². The van der Waals surface area contributed by atoms with E-state index in [2.05, 4.69) is 25.3 Å². The van der Waals surface area contributed by atoms with Gasteiger partial charge >= 0.3 is 0 Å². The van der Waals surface area contributed by atoms with Crippen LogP contribution >= 0.6 is 0 Å². The van der Waals surface area contributed by atoms with Crippen LogP contribution in [0.4, 0.5) is 11.8 Å². The molecule has 1 aromatic carbocycles. The van der Waals surface area contributed by atoms with Crippen molar-refractivity contribution in [3.8, 4) is 22.9 Å². The Morgan fingerprint density at radius 2 is 1.91 bits per heavy atom. The summed E-state index contributed by atoms with van der Waals surface area (Å²) in [6.07, 6.45) is 2.03. The monoisotopic (exact) mass is 435 g/mol. The summed E-state index contributed by atoms with van der Waals surface area (Å²) in [6, 6.07) is 5.28. The highest BCUT2D eigenvalue weighted by Crippen LogP contribution is 2.36. The quantitative estimate of drug-likeness (QED) is 0.529. The van der Waals surface area contributed by atoms with Crippen molar-refractivity contribution in [2.24, 2.45) is 0 Å². The first-order chi connectivity index (χ1) is 15.4. The molecule has 0 saturated heterocycles. The topological polar surface area (TPSA) is 151 Å². The molecule has 1 aliphatic rings. The lowest BCUT2D eigenvalue weighted by molar-refractivity contribution is 0.0922. The van der Waals surface area contributed by atoms with Gasteiger partial charge in [0.15, 0.2) is 5.82 Å². The fourth-order valence-corrected chi connectivity index (χ4v) is 3.83. The zero-order valence-corrected chi connectivity index (χ0v) is 18.2. The lowest BCUT2D eigenvalue weighted by Gasteiger charge is -2.28. The van der Waals surface area contributed by atoms with Gasteiger partial charge in [-0.2, -0.15) is 0 Å². The molecule has 1 atom stereocenters. The number of amides is 1. The van der Waals surface area contributed by atoms with Gasteiger partial charge in [-0.05, 0) is 38.5 Å². The second kappa shape index (κ2) is 8.66. The minimum absolute atomic E-state index is 0.146. The summed E-state index contributed by atoms with van der Waals surface area (Å²) in [7, 11) is 0. The van der Waals surface area contributed by atoms with Crippen molar-refractivity contribution in [3.05, 3.63) is 46.9 Å². The number of rotatable bonds is 6. The average molecular weight is 435 g/mol. The molecule has 10 heteroatoms. The number of benzene rings is 1. The lowest BCUT2D eigenvalue weighted by atomic mass is 9.90. The van der Waals surface area contributed by atoms with Crippen molar-refractivity contribution in [2.45, 2.75) is 33.2 Å². The van der Waals surface area contributed by atoms with Gasteiger partial charge in [0.2, 0.25) is 5.95 Å². The van der Waals surface area contributed by atoms with Crippen molar-refractivity contribution in [2.75, 3.05) is 24.7 Å². The normalized spacial score (nSPS) is 15.1. The van der Waals surface area contributed by atoms with E-state index in [-0.39, 0.29) is 29.6 Å². The SMILES string of the molecule is CCOc1ccc(C2Cc3nc(N)nc(C)c3C(=O)N2)c(-c2cnc(N)c(OCC)n2)c1. The van der Waals surface area contributed by atoms with E-state index in [1.54, 1.807) is 13.1 Å². The number of nitrogens with two attached hydrogens (primary N) is 2. The Morgan fingerprint density at radius 3 is 2.66 bits per heavy atom. The maximum absolute atomic E-state index is 12.9. The summed E-state index contributed by atoms with van der Waals surface area (Å²) < 4.78 is 11.2. The first-order valence-corrected chi connectivity index (χ1v) is 10.4. The van der Waals surface area contributed by atoms with Crippen molar-refractivity contribution < 1.29 is 14.3 Å². The lowest BCUT2D eigenvalue weighted by Crippen LogP contribution is -2.37. The number of aryl methyl sites for hydroxylation is 1. The first-order valence-electron chi connectivity index (χ1n) is 10.4. The largest absolute Gasteiger partial charge is 0.494 e. The second-order valence-corrected chi connectivity index (χ2v) is 7.28. The van der Waals surface area contributed by atoms with Crippen LogP contribution in [0.5, 0.6) is 11.6 Å². The number of hydrogen-bond acceptors (Lipinski definition) is 9. The van der Waals surface area contributed by atoms with E-state index in [0.717, 1.165) is 11.1 Å². The average Bonchev–Trinajstić information content (AvgIpc) is 2.75. The Morgan fingerprint density at radius 1 is 1.12 bits per heavy atom. The smallest absolute Gasteiger partial charge is 0.257 e. The Labute approximate surface area is 185 Å². The zero-order valence-electron chi connectivity index (χ0n) is 18.2. The number of nitrogens with one attached hydrogen (secondary N) is 1. The standard InChI is InChI=1S/C22H25N7O3/c1-4-31-12-6-7-13(14(8-12)17-10-25-19(23)21(28-17)32-5-2)15-9-16-18(20(30)27-15)11(3)26-22(24)29-16/h6-8,10,15H,4-5,9H2,1-3H3,(H2,23,25)(H,27,30)(H2,24,26,29). The minimum Gasteiger partial charge on any atom is -0.494 e. The van der Waals surface area contributed by atoms with E-state index in [1.165, 1.54) is 0 Å². The molecule has 0 aliphatic carbocycles. The number of nitrogen functional groups attached to an aromatic ring is 2. The Hall–Kier alpha value is -3.95. The molecule has 32 heavy (non-hydrogen) atoms. The van der Waals surface area contributed by atoms with E-state index in [1.807, 2.05) is 32.0 Å². The number of carbonyl (C=O) groups excluding carboxylic acids is 1. The molecule has 166 valence electrons. The molecule has 0 radical (unpaired) electrons. The number of anilines is 2. The zero-order chi connectivity index (χ0) is 22.8. The number of aromatic nitrogens is 4. The minimum atomic E-state index is -0.357. The highest BCUT2D eigenvalue weighted by atomic mass is 16.5. The van der Waals surface area contributed by atoms with Gasteiger partial charge in [0.25, 0.3) is 11.8 Å². The number of fused-ring (bicyclic) bond motifs is 1. The fraction of sp³-hybridized carbons (Fsp3) is 0.318. The third kappa shape index (κ3) is 3.98. The molecule has 1 amide bonds. The van der Waals surface area contributed by atoms with Crippen LogP contribution in [0.3, 0.4) is 0 Å². The summed E-state index contributed by atoms with van der Waals surface area (Å²) in [6.45, 7) is 6.43. The molecule has 0 saturated carbocycles. The van der Waals surface area contributed by atoms with Gasteiger partial charge in [-0.3, -0.25) is 4.79 Å². The highest BCUT2D eigenvalue weighted by molar-refractivity contribution is 5.98. The second-order valence-electron chi connectivity index (χ2n) is 7.28. The van der Waals surface area contributed by atoms with E-state index in [4.69, 9.17) is 20.9 Å². The van der Waals surface area contributed by atoms with Crippen LogP contribution in [0, 0.1) is 6.92 Å². The summed E-state index contributed by atoms with van der Waals surface area (Å²) in [5.74, 6) is 1.04. The molecular formula is C22H25N7O3. The van der Waals surface area contributed by atoms with Crippen LogP contribution in [0.1, 0.15) is 47.2 Å². The summed E-state index contributed by atoms with van der Waals surface area (Å²) in [5.41, 5.74) is 15.5. The van der Waals surface area contributed by atoms with Crippen molar-refractivity contribution >= 4 is 17.7 Å². The van der Waals surface area contributed by atoms with Crippen molar-refractivity contribution in [1.29, 1.82) is 0 Å². The molecular weight excluding hydrogens is 410 g/mol. The molecule has 0 fully saturated rings. The van der Waals surface area contributed by atoms with Crippen LogP contribution < -0.4 is 26.3 Å². The molecule has 0 spiro atoms. The number of hydrogen-bond donors (Lipinski definition) is 3. The third-order valence-corrected chi connectivity index (χ3v) is 5.15. The Balaban J connectivity index is 1.81. The van der Waals surface area contributed by atoms with Crippen LogP contribution in [0.25, 0.3) is 11.3 Å². The van der Waals surface area contributed by atoms with Gasteiger partial charge in [-0.25, -0.2) is 19.9 Å². The predicted octanol–water partition coefficient (Wildman–Crippen LogP) is 2.23. The number of nitrogens with zero attached hydrogens (tertiary/aromatic N) is 4. The molecule has 2 aromatic heterocycles. The van der Waals surface area contributed by atoms with E-state index in [0.29, 0.717) is 48.0 Å². The Kier molecular flexibility index (Phi) is 5.76. The molecule has 4 rings (SSSR count). The first kappa shape index (κ1) is 21.3. The predicted molar refractivity (Wildman–Crippen MR) is 119 cm³/mol. The molecule has 1 aliphatic heterocycles. The number of carbonyl (C=O) groups is 1. The van der Waals surface area contributed by atoms with Crippen molar-refractivity contribution in [1.82, 2.24) is 25.3 Å². The van der Waals surface area contributed by atoms with Gasteiger partial charge in [0.05, 0.1) is 48.1 Å². The van der Waals surface area contributed by atoms with E-state index < -0.39 is 0 Å². The van der Waals surface area contributed by atoms with Gasteiger partial charge in [0, 0.05) is 12.0 Å². The number of ether oxygens (including phenoxy) is 2. The van der Waals surface area contributed by atoms with Gasteiger partial charge in [-0.15, -0.1) is 0 Å². The molecule has 3 aromatic rings. The van der Waals surface area contributed by atoms with Gasteiger partial charge < -0.3 is 26.3 Å². The molecule has 5 N–H and O–H groups in total. The Bertz CT molecular complexity index is 1180. The van der Waals surface area contributed by atoms with Gasteiger partial charge in [-0.1, -0.05) is 6.07 Å². The van der Waals surface area contributed by atoms with Gasteiger partial charge in [0.1, 0.15) is 5.75 Å². The highest BCUT2D eigenvalue weighted by Gasteiger charge is 2.31. The van der Waals surface area contributed by atoms with E-state index >= 15 is 0 Å². The van der Waals surface area contributed by atoms with Crippen LogP contribution in [-0.4, -0.2) is 39.1 Å². The summed E-state index contributed by atoms with van der Waals surface area (Å²) in [4.78, 5) is 30.1. The van der Waals surface area contributed by atoms with Crippen LogP contribution in [0.15, 0.2) is 24.4 Å². The summed E-state index contributed by atoms with van der Waals surface area (Å²) >= 11 is 0. The molecule has 0 bridgehead atoms. The molecule has 10 nitrogen and oxygen atoms in total.